The Labute approximate surface area is 92.7 Å². The number of carbonyl (C=O) groups is 1. The molecule has 1 aliphatic rings. The molecule has 0 atom stereocenters. The van der Waals surface area contributed by atoms with Crippen LogP contribution in [0.1, 0.15) is 6.92 Å². The van der Waals surface area contributed by atoms with Gasteiger partial charge in [-0.2, -0.15) is 0 Å². The zero-order valence-corrected chi connectivity index (χ0v) is 8.90. The van der Waals surface area contributed by atoms with Crippen LogP contribution in [0.15, 0.2) is 12.3 Å². The SMILES string of the molecule is CC(=O)Nc1cc(N)c(OC2COC2)cn1. The fourth-order valence-corrected chi connectivity index (χ4v) is 1.27. The van der Waals surface area contributed by atoms with E-state index in [0.29, 0.717) is 30.5 Å². The molecule has 0 unspecified atom stereocenters. The summed E-state index contributed by atoms with van der Waals surface area (Å²) in [6.07, 6.45) is 1.55. The molecule has 1 saturated heterocycles. The fourth-order valence-electron chi connectivity index (χ4n) is 1.27. The van der Waals surface area contributed by atoms with Crippen LogP contribution in [-0.4, -0.2) is 30.2 Å². The molecule has 6 nitrogen and oxygen atoms in total. The first-order valence-electron chi connectivity index (χ1n) is 4.92. The molecular weight excluding hydrogens is 210 g/mol. The Hall–Kier alpha value is -1.82. The first-order chi connectivity index (χ1) is 7.65. The fraction of sp³-hybridized carbons (Fsp3) is 0.400. The number of ether oxygens (including phenoxy) is 2. The molecule has 0 radical (unpaired) electrons. The predicted octanol–water partition coefficient (Wildman–Crippen LogP) is 0.400. The molecule has 0 saturated carbocycles. The van der Waals surface area contributed by atoms with Crippen LogP contribution in [0.4, 0.5) is 11.5 Å². The molecule has 0 bridgehead atoms. The molecule has 0 aromatic carbocycles. The average Bonchev–Trinajstić information content (AvgIpc) is 2.12. The molecule has 0 spiro atoms. The van der Waals surface area contributed by atoms with Gasteiger partial charge in [-0.25, -0.2) is 4.98 Å². The summed E-state index contributed by atoms with van der Waals surface area (Å²) in [6.45, 7) is 2.56. The van der Waals surface area contributed by atoms with E-state index in [9.17, 15) is 4.79 Å². The number of amides is 1. The Kier molecular flexibility index (Phi) is 2.91. The van der Waals surface area contributed by atoms with Crippen LogP contribution in [-0.2, 0) is 9.53 Å². The first-order valence-corrected chi connectivity index (χ1v) is 4.92. The van der Waals surface area contributed by atoms with Gasteiger partial charge in [-0.3, -0.25) is 4.79 Å². The Morgan fingerprint density at radius 1 is 1.69 bits per heavy atom. The van der Waals surface area contributed by atoms with Gasteiger partial charge in [0.2, 0.25) is 5.91 Å². The zero-order valence-electron chi connectivity index (χ0n) is 8.90. The van der Waals surface area contributed by atoms with Crippen LogP contribution in [0.3, 0.4) is 0 Å². The summed E-state index contributed by atoms with van der Waals surface area (Å²) in [4.78, 5) is 14.8. The summed E-state index contributed by atoms with van der Waals surface area (Å²) in [5.41, 5.74) is 6.22. The lowest BCUT2D eigenvalue weighted by atomic mass is 10.3. The number of anilines is 2. The van der Waals surface area contributed by atoms with E-state index in [1.54, 1.807) is 6.07 Å². The molecule has 2 heterocycles. The summed E-state index contributed by atoms with van der Waals surface area (Å²) in [6, 6.07) is 1.57. The van der Waals surface area contributed by atoms with E-state index in [1.807, 2.05) is 0 Å². The molecule has 1 aromatic heterocycles. The minimum atomic E-state index is -0.187. The Morgan fingerprint density at radius 3 is 2.94 bits per heavy atom. The predicted molar refractivity (Wildman–Crippen MR) is 58.2 cm³/mol. The molecule has 0 aliphatic carbocycles. The van der Waals surface area contributed by atoms with Crippen molar-refractivity contribution in [1.29, 1.82) is 0 Å². The topological polar surface area (TPSA) is 86.5 Å². The summed E-state index contributed by atoms with van der Waals surface area (Å²) in [7, 11) is 0. The second-order valence-electron chi connectivity index (χ2n) is 3.57. The Balaban J connectivity index is 2.06. The number of nitrogens with one attached hydrogen (secondary N) is 1. The highest BCUT2D eigenvalue weighted by Gasteiger charge is 2.21. The maximum Gasteiger partial charge on any atom is 0.222 e. The van der Waals surface area contributed by atoms with Crippen LogP contribution in [0.2, 0.25) is 0 Å². The maximum atomic E-state index is 10.8. The van der Waals surface area contributed by atoms with Gasteiger partial charge in [0, 0.05) is 13.0 Å². The number of hydrogen-bond acceptors (Lipinski definition) is 5. The lowest BCUT2D eigenvalue weighted by molar-refractivity contribution is -0.114. The van der Waals surface area contributed by atoms with Gasteiger partial charge in [-0.1, -0.05) is 0 Å². The van der Waals surface area contributed by atoms with Crippen molar-refractivity contribution in [2.75, 3.05) is 24.3 Å². The van der Waals surface area contributed by atoms with Gasteiger partial charge in [0.05, 0.1) is 25.1 Å². The average molecular weight is 223 g/mol. The molecule has 1 fully saturated rings. The van der Waals surface area contributed by atoms with Gasteiger partial charge in [0.25, 0.3) is 0 Å². The molecule has 86 valence electrons. The van der Waals surface area contributed by atoms with Crippen molar-refractivity contribution in [2.24, 2.45) is 0 Å². The summed E-state index contributed by atoms with van der Waals surface area (Å²) in [5.74, 6) is 0.748. The lowest BCUT2D eigenvalue weighted by Gasteiger charge is -2.27. The lowest BCUT2D eigenvalue weighted by Crippen LogP contribution is -2.38. The second-order valence-corrected chi connectivity index (χ2v) is 3.57. The number of nitrogens with two attached hydrogens (primary N) is 1. The smallest absolute Gasteiger partial charge is 0.222 e. The third-order valence-electron chi connectivity index (χ3n) is 2.10. The molecule has 1 amide bonds. The molecule has 1 aliphatic heterocycles. The maximum absolute atomic E-state index is 10.8. The number of nitrogen functional groups attached to an aromatic ring is 1. The minimum absolute atomic E-state index is 0.0516. The van der Waals surface area contributed by atoms with E-state index in [1.165, 1.54) is 13.1 Å². The van der Waals surface area contributed by atoms with Gasteiger partial charge in [0.15, 0.2) is 5.75 Å². The van der Waals surface area contributed by atoms with Crippen molar-refractivity contribution in [2.45, 2.75) is 13.0 Å². The number of hydrogen-bond donors (Lipinski definition) is 2. The highest BCUT2D eigenvalue weighted by molar-refractivity contribution is 5.88. The van der Waals surface area contributed by atoms with Crippen molar-refractivity contribution in [1.82, 2.24) is 4.98 Å². The van der Waals surface area contributed by atoms with Crippen molar-refractivity contribution in [3.8, 4) is 5.75 Å². The third kappa shape index (κ3) is 2.40. The summed E-state index contributed by atoms with van der Waals surface area (Å²) in [5, 5.41) is 2.54. The van der Waals surface area contributed by atoms with E-state index in [2.05, 4.69) is 10.3 Å². The Morgan fingerprint density at radius 2 is 2.44 bits per heavy atom. The third-order valence-corrected chi connectivity index (χ3v) is 2.10. The highest BCUT2D eigenvalue weighted by Crippen LogP contribution is 2.25. The first kappa shape index (κ1) is 10.7. The van der Waals surface area contributed by atoms with E-state index in [0.717, 1.165) is 0 Å². The second kappa shape index (κ2) is 4.36. The molecular formula is C10H13N3O3. The minimum Gasteiger partial charge on any atom is -0.482 e. The van der Waals surface area contributed by atoms with Crippen LogP contribution in [0.5, 0.6) is 5.75 Å². The van der Waals surface area contributed by atoms with E-state index in [-0.39, 0.29) is 12.0 Å². The number of nitrogens with zero attached hydrogens (tertiary/aromatic N) is 1. The van der Waals surface area contributed by atoms with Crippen LogP contribution in [0.25, 0.3) is 0 Å². The summed E-state index contributed by atoms with van der Waals surface area (Å²) >= 11 is 0. The molecule has 2 rings (SSSR count). The Bertz CT molecular complexity index is 404. The monoisotopic (exact) mass is 223 g/mol. The van der Waals surface area contributed by atoms with Gasteiger partial charge in [-0.05, 0) is 0 Å². The number of aromatic nitrogens is 1. The molecule has 1 aromatic rings. The van der Waals surface area contributed by atoms with Crippen molar-refractivity contribution in [3.63, 3.8) is 0 Å². The van der Waals surface area contributed by atoms with E-state index >= 15 is 0 Å². The molecule has 6 heteroatoms. The zero-order chi connectivity index (χ0) is 11.5. The number of rotatable bonds is 3. The van der Waals surface area contributed by atoms with Crippen molar-refractivity contribution >= 4 is 17.4 Å². The van der Waals surface area contributed by atoms with Crippen LogP contribution in [0, 0.1) is 0 Å². The van der Waals surface area contributed by atoms with E-state index < -0.39 is 0 Å². The molecule has 16 heavy (non-hydrogen) atoms. The van der Waals surface area contributed by atoms with Gasteiger partial charge in [0.1, 0.15) is 11.9 Å². The van der Waals surface area contributed by atoms with Crippen molar-refractivity contribution in [3.05, 3.63) is 12.3 Å². The van der Waals surface area contributed by atoms with Crippen LogP contribution < -0.4 is 15.8 Å². The van der Waals surface area contributed by atoms with Gasteiger partial charge >= 0.3 is 0 Å². The quantitative estimate of drug-likeness (QED) is 0.774. The van der Waals surface area contributed by atoms with Crippen molar-refractivity contribution < 1.29 is 14.3 Å². The number of pyridine rings is 1. The molecule has 3 N–H and O–H groups in total. The normalized spacial score (nSPS) is 15.3. The van der Waals surface area contributed by atoms with Gasteiger partial charge in [-0.15, -0.1) is 0 Å². The standard InChI is InChI=1S/C10H13N3O3/c1-6(14)13-10-2-8(11)9(3-12-10)16-7-4-15-5-7/h2-3,7H,4-5H2,1H3,(H3,11,12,13,14). The summed E-state index contributed by atoms with van der Waals surface area (Å²) < 4.78 is 10.5. The highest BCUT2D eigenvalue weighted by atomic mass is 16.6. The van der Waals surface area contributed by atoms with E-state index in [4.69, 9.17) is 15.2 Å². The largest absolute Gasteiger partial charge is 0.482 e. The number of carbonyl (C=O) groups excluding carboxylic acids is 1. The van der Waals surface area contributed by atoms with Gasteiger partial charge < -0.3 is 20.5 Å². The van der Waals surface area contributed by atoms with Crippen LogP contribution >= 0.6 is 0 Å².